The summed E-state index contributed by atoms with van der Waals surface area (Å²) >= 11 is 0. The molecule has 0 aliphatic carbocycles. The molecule has 2 heteroatoms. The van der Waals surface area contributed by atoms with Crippen LogP contribution in [0.1, 0.15) is 5.56 Å². The van der Waals surface area contributed by atoms with Crippen molar-refractivity contribution in [3.63, 3.8) is 0 Å². The first kappa shape index (κ1) is 17.3. The van der Waals surface area contributed by atoms with E-state index < -0.39 is 0 Å². The minimum atomic E-state index is 0.559. The monoisotopic (exact) mass is 375 g/mol. The molecule has 1 aromatic heterocycles. The second-order valence-corrected chi connectivity index (χ2v) is 7.06. The number of aromatic nitrogens is 1. The predicted octanol–water partition coefficient (Wildman–Crippen LogP) is 6.88. The molecular formula is C27H21NO. The number of rotatable bonds is 5. The first-order valence-electron chi connectivity index (χ1n) is 9.81. The zero-order valence-corrected chi connectivity index (χ0v) is 16.0. The third-order valence-corrected chi connectivity index (χ3v) is 5.11. The van der Waals surface area contributed by atoms with Crippen molar-refractivity contribution >= 4 is 10.9 Å². The molecule has 0 saturated heterocycles. The fraction of sp³-hybridized carbons (Fsp3) is 0.0370. The minimum Gasteiger partial charge on any atom is -0.489 e. The number of benzene rings is 4. The Bertz CT molecular complexity index is 1230. The third-order valence-electron chi connectivity index (χ3n) is 5.11. The maximum atomic E-state index is 6.09. The molecule has 0 saturated carbocycles. The Balaban J connectivity index is 1.61. The van der Waals surface area contributed by atoms with Gasteiger partial charge in [-0.25, -0.2) is 0 Å². The molecule has 0 spiro atoms. The summed E-state index contributed by atoms with van der Waals surface area (Å²) in [5.74, 6) is 0.872. The Hall–Kier alpha value is -3.78. The van der Waals surface area contributed by atoms with Crippen LogP contribution in [0.4, 0.5) is 0 Å². The van der Waals surface area contributed by atoms with E-state index >= 15 is 0 Å². The lowest BCUT2D eigenvalue weighted by atomic mass is 10.1. The molecule has 0 amide bonds. The third kappa shape index (κ3) is 3.53. The Morgan fingerprint density at radius 3 is 2.00 bits per heavy atom. The summed E-state index contributed by atoms with van der Waals surface area (Å²) in [6.07, 6.45) is 0. The van der Waals surface area contributed by atoms with Gasteiger partial charge in [0.1, 0.15) is 12.4 Å². The average Bonchev–Trinajstić information content (AvgIpc) is 3.18. The zero-order valence-electron chi connectivity index (χ0n) is 16.0. The van der Waals surface area contributed by atoms with Crippen molar-refractivity contribution in [3.8, 4) is 22.7 Å². The van der Waals surface area contributed by atoms with Crippen LogP contribution in [0.5, 0.6) is 5.75 Å². The summed E-state index contributed by atoms with van der Waals surface area (Å²) < 4.78 is 8.40. The first-order chi connectivity index (χ1) is 14.4. The minimum absolute atomic E-state index is 0.559. The predicted molar refractivity (Wildman–Crippen MR) is 119 cm³/mol. The number of ether oxygens (including phenoxy) is 1. The maximum Gasteiger partial charge on any atom is 0.121 e. The molecular weight excluding hydrogens is 354 g/mol. The van der Waals surface area contributed by atoms with E-state index in [1.807, 2.05) is 24.3 Å². The van der Waals surface area contributed by atoms with Gasteiger partial charge in [0.25, 0.3) is 0 Å². The number of hydrogen-bond acceptors (Lipinski definition) is 1. The summed E-state index contributed by atoms with van der Waals surface area (Å²) in [6, 6.07) is 39.8. The van der Waals surface area contributed by atoms with Gasteiger partial charge in [-0.15, -0.1) is 0 Å². The van der Waals surface area contributed by atoms with E-state index in [4.69, 9.17) is 4.74 Å². The van der Waals surface area contributed by atoms with Crippen LogP contribution in [-0.2, 0) is 6.61 Å². The van der Waals surface area contributed by atoms with E-state index in [1.165, 1.54) is 16.6 Å². The fourth-order valence-corrected chi connectivity index (χ4v) is 3.69. The van der Waals surface area contributed by atoms with Crippen LogP contribution in [0.25, 0.3) is 27.8 Å². The highest BCUT2D eigenvalue weighted by molar-refractivity contribution is 5.90. The second-order valence-electron chi connectivity index (χ2n) is 7.06. The molecule has 0 radical (unpaired) electrons. The lowest BCUT2D eigenvalue weighted by Gasteiger charge is -2.12. The van der Waals surface area contributed by atoms with Gasteiger partial charge in [0.15, 0.2) is 0 Å². The van der Waals surface area contributed by atoms with Gasteiger partial charge in [0.05, 0.1) is 11.2 Å². The quantitative estimate of drug-likeness (QED) is 0.327. The normalized spacial score (nSPS) is 10.9. The van der Waals surface area contributed by atoms with Gasteiger partial charge in [-0.3, -0.25) is 0 Å². The number of hydrogen-bond donors (Lipinski definition) is 0. The molecule has 0 fully saturated rings. The molecule has 0 atom stereocenters. The smallest absolute Gasteiger partial charge is 0.121 e. The average molecular weight is 375 g/mol. The Labute approximate surface area is 170 Å². The van der Waals surface area contributed by atoms with Crippen LogP contribution >= 0.6 is 0 Å². The van der Waals surface area contributed by atoms with Crippen LogP contribution in [0, 0.1) is 0 Å². The van der Waals surface area contributed by atoms with Gasteiger partial charge in [-0.1, -0.05) is 78.9 Å². The highest BCUT2D eigenvalue weighted by Crippen LogP contribution is 2.33. The van der Waals surface area contributed by atoms with Gasteiger partial charge in [0, 0.05) is 17.1 Å². The molecule has 2 nitrogen and oxygen atoms in total. The Morgan fingerprint density at radius 1 is 0.621 bits per heavy atom. The van der Waals surface area contributed by atoms with Gasteiger partial charge >= 0.3 is 0 Å². The maximum absolute atomic E-state index is 6.09. The van der Waals surface area contributed by atoms with Gasteiger partial charge in [0.2, 0.25) is 0 Å². The highest BCUT2D eigenvalue weighted by Gasteiger charge is 2.13. The second kappa shape index (κ2) is 7.69. The van der Waals surface area contributed by atoms with E-state index in [1.54, 1.807) is 0 Å². The molecule has 0 bridgehead atoms. The summed E-state index contributed by atoms with van der Waals surface area (Å²) in [7, 11) is 0. The van der Waals surface area contributed by atoms with Crippen molar-refractivity contribution in [1.29, 1.82) is 0 Å². The van der Waals surface area contributed by atoms with Crippen molar-refractivity contribution in [2.24, 2.45) is 0 Å². The van der Waals surface area contributed by atoms with Crippen molar-refractivity contribution in [3.05, 3.63) is 121 Å². The van der Waals surface area contributed by atoms with Crippen LogP contribution in [0.2, 0.25) is 0 Å². The summed E-state index contributed by atoms with van der Waals surface area (Å²) in [5.41, 5.74) is 5.81. The summed E-state index contributed by atoms with van der Waals surface area (Å²) in [5, 5.41) is 1.19. The number of para-hydroxylation sites is 1. The summed E-state index contributed by atoms with van der Waals surface area (Å²) in [6.45, 7) is 0.559. The molecule has 5 rings (SSSR count). The topological polar surface area (TPSA) is 14.2 Å². The first-order valence-corrected chi connectivity index (χ1v) is 9.81. The molecule has 0 aliphatic heterocycles. The SMILES string of the molecule is c1ccc(COc2ccc3cc(-c4ccccc4)n(-c4ccccc4)c3c2)cc1. The number of nitrogens with zero attached hydrogens (tertiary/aromatic N) is 1. The standard InChI is InChI=1S/C27H21NO/c1-4-10-21(11-5-1)20-29-25-17-16-23-18-26(22-12-6-2-7-13-22)28(27(23)19-25)24-14-8-3-9-15-24/h1-19H,20H2. The van der Waals surface area contributed by atoms with Gasteiger partial charge < -0.3 is 9.30 Å². The van der Waals surface area contributed by atoms with Crippen molar-refractivity contribution in [2.75, 3.05) is 0 Å². The van der Waals surface area contributed by atoms with Crippen molar-refractivity contribution in [1.82, 2.24) is 4.57 Å². The van der Waals surface area contributed by atoms with Gasteiger partial charge in [-0.05, 0) is 41.5 Å². The van der Waals surface area contributed by atoms with E-state index in [0.29, 0.717) is 6.61 Å². The molecule has 5 aromatic rings. The summed E-state index contributed by atoms with van der Waals surface area (Å²) in [4.78, 5) is 0. The molecule has 0 unspecified atom stereocenters. The lowest BCUT2D eigenvalue weighted by molar-refractivity contribution is 0.306. The highest BCUT2D eigenvalue weighted by atomic mass is 16.5. The molecule has 0 N–H and O–H groups in total. The molecule has 4 aromatic carbocycles. The lowest BCUT2D eigenvalue weighted by Crippen LogP contribution is -1.98. The molecule has 0 aliphatic rings. The van der Waals surface area contributed by atoms with Gasteiger partial charge in [-0.2, -0.15) is 0 Å². The largest absolute Gasteiger partial charge is 0.489 e. The van der Waals surface area contributed by atoms with Crippen LogP contribution in [0.3, 0.4) is 0 Å². The molecule has 140 valence electrons. The van der Waals surface area contributed by atoms with Crippen LogP contribution < -0.4 is 4.74 Å². The zero-order chi connectivity index (χ0) is 19.5. The molecule has 1 heterocycles. The Morgan fingerprint density at radius 2 is 1.28 bits per heavy atom. The van der Waals surface area contributed by atoms with E-state index in [-0.39, 0.29) is 0 Å². The van der Waals surface area contributed by atoms with Crippen molar-refractivity contribution < 1.29 is 4.74 Å². The van der Waals surface area contributed by atoms with E-state index in [0.717, 1.165) is 22.5 Å². The van der Waals surface area contributed by atoms with Crippen LogP contribution in [-0.4, -0.2) is 4.57 Å². The van der Waals surface area contributed by atoms with Crippen LogP contribution in [0.15, 0.2) is 115 Å². The van der Waals surface area contributed by atoms with E-state index in [9.17, 15) is 0 Å². The fourth-order valence-electron chi connectivity index (χ4n) is 3.69. The number of fused-ring (bicyclic) bond motifs is 1. The van der Waals surface area contributed by atoms with Crippen molar-refractivity contribution in [2.45, 2.75) is 6.61 Å². The molecule has 29 heavy (non-hydrogen) atoms. The van der Waals surface area contributed by atoms with E-state index in [2.05, 4.69) is 95.6 Å². The Kier molecular flexibility index (Phi) is 4.59.